The predicted molar refractivity (Wildman–Crippen MR) is 54.2 cm³/mol. The van der Waals surface area contributed by atoms with E-state index in [-0.39, 0.29) is 0 Å². The van der Waals surface area contributed by atoms with Crippen LogP contribution in [0.3, 0.4) is 0 Å². The molecule has 13 heavy (non-hydrogen) atoms. The fourth-order valence-corrected chi connectivity index (χ4v) is 3.07. The van der Waals surface area contributed by atoms with Gasteiger partial charge >= 0.3 is 0 Å². The van der Waals surface area contributed by atoms with Gasteiger partial charge in [-0.25, -0.2) is 0 Å². The molecule has 0 aromatic rings. The van der Waals surface area contributed by atoms with E-state index in [9.17, 15) is 0 Å². The summed E-state index contributed by atoms with van der Waals surface area (Å²) in [6, 6.07) is 0.635. The fourth-order valence-electron chi connectivity index (χ4n) is 2.48. The van der Waals surface area contributed by atoms with Crippen molar-refractivity contribution in [3.63, 3.8) is 0 Å². The average molecular weight is 204 g/mol. The number of halogens is 1. The van der Waals surface area contributed by atoms with Gasteiger partial charge in [0.1, 0.15) is 0 Å². The largest absolute Gasteiger partial charge is 0.379 e. The van der Waals surface area contributed by atoms with Crippen LogP contribution in [0.2, 0.25) is 0 Å². The first-order chi connectivity index (χ1) is 6.33. The first kappa shape index (κ1) is 9.75. The van der Waals surface area contributed by atoms with Gasteiger partial charge in [-0.1, -0.05) is 13.3 Å². The molecule has 0 N–H and O–H groups in total. The van der Waals surface area contributed by atoms with Crippen LogP contribution in [0.4, 0.5) is 0 Å². The Morgan fingerprint density at radius 2 is 2.08 bits per heavy atom. The second-order valence-corrected chi connectivity index (χ2v) is 4.62. The lowest BCUT2D eigenvalue weighted by atomic mass is 9.76. The zero-order valence-corrected chi connectivity index (χ0v) is 8.96. The Balaban J connectivity index is 1.89. The molecule has 1 saturated carbocycles. The maximum atomic E-state index is 6.24. The summed E-state index contributed by atoms with van der Waals surface area (Å²) in [6.07, 6.45) is 2.48. The topological polar surface area (TPSA) is 12.5 Å². The van der Waals surface area contributed by atoms with Gasteiger partial charge in [-0.15, -0.1) is 11.6 Å². The van der Waals surface area contributed by atoms with Gasteiger partial charge in [-0.2, -0.15) is 0 Å². The molecule has 0 radical (unpaired) electrons. The van der Waals surface area contributed by atoms with Crippen molar-refractivity contribution in [2.75, 3.05) is 26.3 Å². The zero-order chi connectivity index (χ0) is 9.26. The number of ether oxygens (including phenoxy) is 1. The Hall–Kier alpha value is 0.210. The molecular formula is C10H18ClNO. The van der Waals surface area contributed by atoms with Gasteiger partial charge in [0.15, 0.2) is 0 Å². The smallest absolute Gasteiger partial charge is 0.0594 e. The summed E-state index contributed by atoms with van der Waals surface area (Å²) >= 11 is 6.24. The van der Waals surface area contributed by atoms with Crippen molar-refractivity contribution >= 4 is 11.6 Å². The molecule has 0 aromatic carbocycles. The predicted octanol–water partition coefficient (Wildman–Crippen LogP) is 1.72. The average Bonchev–Trinajstić information content (AvgIpc) is 2.15. The molecule has 0 spiro atoms. The molecule has 2 aliphatic rings. The lowest BCUT2D eigenvalue weighted by Crippen LogP contribution is -2.57. The third-order valence-corrected chi connectivity index (χ3v) is 3.81. The van der Waals surface area contributed by atoms with E-state index < -0.39 is 0 Å². The van der Waals surface area contributed by atoms with E-state index in [1.54, 1.807) is 0 Å². The Bertz CT molecular complexity index is 170. The van der Waals surface area contributed by atoms with E-state index in [2.05, 4.69) is 11.8 Å². The Morgan fingerprint density at radius 1 is 1.38 bits per heavy atom. The molecule has 2 rings (SSSR count). The van der Waals surface area contributed by atoms with Crippen molar-refractivity contribution in [1.29, 1.82) is 0 Å². The Kier molecular flexibility index (Phi) is 3.12. The summed E-state index contributed by atoms with van der Waals surface area (Å²) in [7, 11) is 0. The first-order valence-electron chi connectivity index (χ1n) is 5.28. The van der Waals surface area contributed by atoms with E-state index in [0.29, 0.717) is 11.4 Å². The van der Waals surface area contributed by atoms with Crippen LogP contribution in [0.15, 0.2) is 0 Å². The number of hydrogen-bond acceptors (Lipinski definition) is 2. The third-order valence-electron chi connectivity index (χ3n) is 3.37. The van der Waals surface area contributed by atoms with Crippen LogP contribution >= 0.6 is 11.6 Å². The van der Waals surface area contributed by atoms with Gasteiger partial charge in [0, 0.05) is 24.5 Å². The van der Waals surface area contributed by atoms with Crippen molar-refractivity contribution in [3.8, 4) is 0 Å². The van der Waals surface area contributed by atoms with Gasteiger partial charge in [-0.3, -0.25) is 4.90 Å². The third kappa shape index (κ3) is 1.85. The van der Waals surface area contributed by atoms with E-state index in [4.69, 9.17) is 16.3 Å². The van der Waals surface area contributed by atoms with Gasteiger partial charge in [0.25, 0.3) is 0 Å². The number of alkyl halides is 1. The Labute approximate surface area is 85.2 Å². The monoisotopic (exact) mass is 203 g/mol. The standard InChI is InChI=1S/C10H18ClNO/c1-2-8-7-9(11)10(8)12-3-5-13-6-4-12/h8-10H,2-7H2,1H3. The highest BCUT2D eigenvalue weighted by atomic mass is 35.5. The van der Waals surface area contributed by atoms with Crippen LogP contribution in [-0.2, 0) is 4.74 Å². The van der Waals surface area contributed by atoms with Gasteiger partial charge in [-0.05, 0) is 12.3 Å². The molecule has 1 saturated heterocycles. The van der Waals surface area contributed by atoms with Crippen LogP contribution in [-0.4, -0.2) is 42.6 Å². The van der Waals surface area contributed by atoms with Crippen LogP contribution < -0.4 is 0 Å². The lowest BCUT2D eigenvalue weighted by Gasteiger charge is -2.49. The van der Waals surface area contributed by atoms with E-state index in [1.807, 2.05) is 0 Å². The maximum Gasteiger partial charge on any atom is 0.0594 e. The maximum absolute atomic E-state index is 6.24. The van der Waals surface area contributed by atoms with E-state index in [0.717, 1.165) is 32.2 Å². The second kappa shape index (κ2) is 4.16. The Morgan fingerprint density at radius 3 is 2.62 bits per heavy atom. The molecular weight excluding hydrogens is 186 g/mol. The van der Waals surface area contributed by atoms with Crippen molar-refractivity contribution in [2.24, 2.45) is 5.92 Å². The molecule has 3 heteroatoms. The normalized spacial score (nSPS) is 41.5. The summed E-state index contributed by atoms with van der Waals surface area (Å²) < 4.78 is 5.34. The quantitative estimate of drug-likeness (QED) is 0.634. The highest BCUT2D eigenvalue weighted by Crippen LogP contribution is 2.38. The molecule has 0 amide bonds. The number of morpholine rings is 1. The van der Waals surface area contributed by atoms with Crippen molar-refractivity contribution < 1.29 is 4.74 Å². The second-order valence-electron chi connectivity index (χ2n) is 4.06. The molecule has 2 fully saturated rings. The van der Waals surface area contributed by atoms with Gasteiger partial charge in [0.2, 0.25) is 0 Å². The molecule has 76 valence electrons. The van der Waals surface area contributed by atoms with Gasteiger partial charge in [0.05, 0.1) is 13.2 Å². The highest BCUT2D eigenvalue weighted by Gasteiger charge is 2.42. The van der Waals surface area contributed by atoms with Crippen molar-refractivity contribution in [1.82, 2.24) is 4.90 Å². The summed E-state index contributed by atoms with van der Waals surface area (Å²) in [5.74, 6) is 0.834. The SMILES string of the molecule is CCC1CC(Cl)C1N1CCOCC1. The summed E-state index contributed by atoms with van der Waals surface area (Å²) in [5.41, 5.74) is 0. The van der Waals surface area contributed by atoms with E-state index >= 15 is 0 Å². The molecule has 2 nitrogen and oxygen atoms in total. The van der Waals surface area contributed by atoms with Crippen molar-refractivity contribution in [2.45, 2.75) is 31.2 Å². The number of nitrogens with zero attached hydrogens (tertiary/aromatic N) is 1. The summed E-state index contributed by atoms with van der Waals surface area (Å²) in [5, 5.41) is 0.392. The minimum absolute atomic E-state index is 0.392. The highest BCUT2D eigenvalue weighted by molar-refractivity contribution is 6.21. The lowest BCUT2D eigenvalue weighted by molar-refractivity contribution is -0.0236. The molecule has 0 bridgehead atoms. The van der Waals surface area contributed by atoms with E-state index in [1.165, 1.54) is 12.8 Å². The first-order valence-corrected chi connectivity index (χ1v) is 5.72. The molecule has 3 atom stereocenters. The van der Waals surface area contributed by atoms with Crippen LogP contribution in [0, 0.1) is 5.92 Å². The minimum Gasteiger partial charge on any atom is -0.379 e. The summed E-state index contributed by atoms with van der Waals surface area (Å²) in [6.45, 7) is 6.18. The zero-order valence-electron chi connectivity index (χ0n) is 8.21. The number of hydrogen-bond donors (Lipinski definition) is 0. The van der Waals surface area contributed by atoms with Crippen LogP contribution in [0.5, 0.6) is 0 Å². The van der Waals surface area contributed by atoms with Crippen LogP contribution in [0.25, 0.3) is 0 Å². The van der Waals surface area contributed by atoms with Crippen LogP contribution in [0.1, 0.15) is 19.8 Å². The van der Waals surface area contributed by atoms with Gasteiger partial charge < -0.3 is 4.74 Å². The molecule has 1 aliphatic carbocycles. The molecule has 0 aromatic heterocycles. The minimum atomic E-state index is 0.392. The molecule has 1 heterocycles. The summed E-state index contributed by atoms with van der Waals surface area (Å²) in [4.78, 5) is 2.51. The fraction of sp³-hybridized carbons (Fsp3) is 1.00. The molecule has 3 unspecified atom stereocenters. The number of rotatable bonds is 2. The van der Waals surface area contributed by atoms with Crippen molar-refractivity contribution in [3.05, 3.63) is 0 Å². The molecule has 1 aliphatic heterocycles.